The first-order valence-electron chi connectivity index (χ1n) is 6.70. The summed E-state index contributed by atoms with van der Waals surface area (Å²) >= 11 is 0. The topological polar surface area (TPSA) is 70.3 Å². The van der Waals surface area contributed by atoms with Crippen molar-refractivity contribution in [3.05, 3.63) is 36.4 Å². The van der Waals surface area contributed by atoms with Crippen LogP contribution in [0.25, 0.3) is 11.4 Å². The number of hydrogen-bond donors (Lipinski definition) is 1. The summed E-state index contributed by atoms with van der Waals surface area (Å²) in [5, 5.41) is 0. The van der Waals surface area contributed by atoms with E-state index in [0.717, 1.165) is 18.6 Å². The van der Waals surface area contributed by atoms with Gasteiger partial charge in [-0.05, 0) is 6.42 Å². The van der Waals surface area contributed by atoms with E-state index in [9.17, 15) is 0 Å². The van der Waals surface area contributed by atoms with Gasteiger partial charge in [-0.15, -0.1) is 0 Å². The second-order valence-electron chi connectivity index (χ2n) is 4.28. The van der Waals surface area contributed by atoms with Gasteiger partial charge in [0.15, 0.2) is 5.82 Å². The largest absolute Gasteiger partial charge is 0.475 e. The minimum atomic E-state index is 0.392. The molecule has 0 saturated carbocycles. The van der Waals surface area contributed by atoms with Gasteiger partial charge in [-0.2, -0.15) is 4.98 Å². The van der Waals surface area contributed by atoms with Gasteiger partial charge in [-0.3, -0.25) is 0 Å². The van der Waals surface area contributed by atoms with E-state index in [0.29, 0.717) is 30.7 Å². The number of anilines is 1. The first-order valence-corrected chi connectivity index (χ1v) is 6.70. The van der Waals surface area contributed by atoms with Crippen molar-refractivity contribution in [1.82, 2.24) is 9.97 Å². The zero-order valence-corrected chi connectivity index (χ0v) is 11.6. The molecular weight excluding hydrogens is 254 g/mol. The lowest BCUT2D eigenvalue weighted by Gasteiger charge is -2.08. The normalized spacial score (nSPS) is 10.4. The van der Waals surface area contributed by atoms with Crippen LogP contribution in [0.2, 0.25) is 0 Å². The molecule has 0 aliphatic heterocycles. The van der Waals surface area contributed by atoms with Crippen molar-refractivity contribution in [1.29, 1.82) is 0 Å². The predicted molar refractivity (Wildman–Crippen MR) is 78.5 cm³/mol. The van der Waals surface area contributed by atoms with Crippen LogP contribution < -0.4 is 10.5 Å². The Morgan fingerprint density at radius 2 is 1.85 bits per heavy atom. The standard InChI is InChI=1S/C15H19N3O2/c1-2-8-19-9-10-20-14-11-13(16)17-15(18-14)12-6-4-3-5-7-12/h3-7,11H,2,8-10H2,1H3,(H2,16,17,18). The minimum absolute atomic E-state index is 0.392. The fourth-order valence-electron chi connectivity index (χ4n) is 1.68. The number of rotatable bonds is 7. The molecule has 5 heteroatoms. The van der Waals surface area contributed by atoms with Gasteiger partial charge in [-0.25, -0.2) is 4.98 Å². The number of hydrogen-bond acceptors (Lipinski definition) is 5. The van der Waals surface area contributed by atoms with E-state index in [-0.39, 0.29) is 0 Å². The monoisotopic (exact) mass is 273 g/mol. The van der Waals surface area contributed by atoms with Crippen molar-refractivity contribution in [3.8, 4) is 17.3 Å². The van der Waals surface area contributed by atoms with Gasteiger partial charge >= 0.3 is 0 Å². The van der Waals surface area contributed by atoms with Crippen LogP contribution in [-0.4, -0.2) is 29.8 Å². The highest BCUT2D eigenvalue weighted by atomic mass is 16.5. The minimum Gasteiger partial charge on any atom is -0.475 e. The maximum Gasteiger partial charge on any atom is 0.219 e. The quantitative estimate of drug-likeness (QED) is 0.785. The van der Waals surface area contributed by atoms with Crippen LogP contribution in [0.4, 0.5) is 5.82 Å². The van der Waals surface area contributed by atoms with Crippen molar-refractivity contribution in [3.63, 3.8) is 0 Å². The lowest BCUT2D eigenvalue weighted by Crippen LogP contribution is -2.09. The summed E-state index contributed by atoms with van der Waals surface area (Å²) in [7, 11) is 0. The molecule has 0 bridgehead atoms. The van der Waals surface area contributed by atoms with Gasteiger partial charge in [-0.1, -0.05) is 37.3 Å². The highest BCUT2D eigenvalue weighted by molar-refractivity contribution is 5.57. The summed E-state index contributed by atoms with van der Waals surface area (Å²) in [5.74, 6) is 1.43. The Bertz CT molecular complexity index is 532. The second-order valence-corrected chi connectivity index (χ2v) is 4.28. The van der Waals surface area contributed by atoms with E-state index >= 15 is 0 Å². The smallest absolute Gasteiger partial charge is 0.219 e. The lowest BCUT2D eigenvalue weighted by molar-refractivity contribution is 0.0990. The Balaban J connectivity index is 2.02. The maximum absolute atomic E-state index is 5.79. The maximum atomic E-state index is 5.79. The number of nitrogens with two attached hydrogens (primary N) is 1. The first-order chi connectivity index (χ1) is 9.79. The van der Waals surface area contributed by atoms with Crippen molar-refractivity contribution >= 4 is 5.82 Å². The summed E-state index contributed by atoms with van der Waals surface area (Å²) in [4.78, 5) is 8.57. The SMILES string of the molecule is CCCOCCOc1cc(N)nc(-c2ccccc2)n1. The molecule has 0 fully saturated rings. The van der Waals surface area contributed by atoms with Crippen molar-refractivity contribution in [2.24, 2.45) is 0 Å². The molecule has 0 amide bonds. The van der Waals surface area contributed by atoms with Crippen molar-refractivity contribution in [2.45, 2.75) is 13.3 Å². The van der Waals surface area contributed by atoms with E-state index < -0.39 is 0 Å². The summed E-state index contributed by atoms with van der Waals surface area (Å²) < 4.78 is 10.9. The molecule has 5 nitrogen and oxygen atoms in total. The van der Waals surface area contributed by atoms with Crippen LogP contribution in [0, 0.1) is 0 Å². The Morgan fingerprint density at radius 1 is 1.05 bits per heavy atom. The molecule has 2 N–H and O–H groups in total. The van der Waals surface area contributed by atoms with E-state index in [1.54, 1.807) is 6.07 Å². The van der Waals surface area contributed by atoms with Gasteiger partial charge in [0.05, 0.1) is 6.61 Å². The highest BCUT2D eigenvalue weighted by Gasteiger charge is 2.05. The summed E-state index contributed by atoms with van der Waals surface area (Å²) in [6.45, 7) is 3.80. The van der Waals surface area contributed by atoms with Gasteiger partial charge < -0.3 is 15.2 Å². The van der Waals surface area contributed by atoms with Crippen LogP contribution in [0.15, 0.2) is 36.4 Å². The second kappa shape index (κ2) is 7.45. The van der Waals surface area contributed by atoms with Crippen LogP contribution >= 0.6 is 0 Å². The molecule has 2 rings (SSSR count). The molecule has 0 radical (unpaired) electrons. The molecular formula is C15H19N3O2. The molecule has 0 aliphatic carbocycles. The fourth-order valence-corrected chi connectivity index (χ4v) is 1.68. The van der Waals surface area contributed by atoms with Crippen LogP contribution in [0.1, 0.15) is 13.3 Å². The van der Waals surface area contributed by atoms with Crippen molar-refractivity contribution in [2.75, 3.05) is 25.6 Å². The third kappa shape index (κ3) is 4.20. The number of aromatic nitrogens is 2. The summed E-state index contributed by atoms with van der Waals surface area (Å²) in [6.07, 6.45) is 0.999. The van der Waals surface area contributed by atoms with E-state index in [1.165, 1.54) is 0 Å². The summed E-state index contributed by atoms with van der Waals surface area (Å²) in [6, 6.07) is 11.3. The predicted octanol–water partition coefficient (Wildman–Crippen LogP) is 2.53. The van der Waals surface area contributed by atoms with Crippen LogP contribution in [0.5, 0.6) is 5.88 Å². The molecule has 20 heavy (non-hydrogen) atoms. The highest BCUT2D eigenvalue weighted by Crippen LogP contribution is 2.19. The molecule has 0 aliphatic rings. The lowest BCUT2D eigenvalue weighted by atomic mass is 10.2. The Kier molecular flexibility index (Phi) is 5.32. The van der Waals surface area contributed by atoms with E-state index in [2.05, 4.69) is 16.9 Å². The molecule has 0 saturated heterocycles. The van der Waals surface area contributed by atoms with Crippen LogP contribution in [0.3, 0.4) is 0 Å². The third-order valence-electron chi connectivity index (χ3n) is 2.58. The van der Waals surface area contributed by atoms with Crippen molar-refractivity contribution < 1.29 is 9.47 Å². The molecule has 0 spiro atoms. The van der Waals surface area contributed by atoms with Gasteiger partial charge in [0.1, 0.15) is 12.4 Å². The number of nitrogen functional groups attached to an aromatic ring is 1. The zero-order valence-electron chi connectivity index (χ0n) is 11.6. The average molecular weight is 273 g/mol. The van der Waals surface area contributed by atoms with Gasteiger partial charge in [0.2, 0.25) is 5.88 Å². The fraction of sp³-hybridized carbons (Fsp3) is 0.333. The molecule has 2 aromatic rings. The Labute approximate surface area is 118 Å². The molecule has 0 atom stereocenters. The zero-order chi connectivity index (χ0) is 14.2. The van der Waals surface area contributed by atoms with Crippen LogP contribution in [-0.2, 0) is 4.74 Å². The van der Waals surface area contributed by atoms with Gasteiger partial charge in [0.25, 0.3) is 0 Å². The number of nitrogens with zero attached hydrogens (tertiary/aromatic N) is 2. The first kappa shape index (κ1) is 14.3. The molecule has 106 valence electrons. The Morgan fingerprint density at radius 3 is 2.60 bits per heavy atom. The molecule has 1 aromatic heterocycles. The molecule has 0 unspecified atom stereocenters. The van der Waals surface area contributed by atoms with Gasteiger partial charge in [0, 0.05) is 18.2 Å². The average Bonchev–Trinajstić information content (AvgIpc) is 2.47. The third-order valence-corrected chi connectivity index (χ3v) is 2.58. The number of ether oxygens (including phenoxy) is 2. The van der Waals surface area contributed by atoms with E-state index in [1.807, 2.05) is 30.3 Å². The summed E-state index contributed by atoms with van der Waals surface area (Å²) in [5.41, 5.74) is 6.70. The Hall–Kier alpha value is -2.14. The number of benzene rings is 1. The molecule has 1 heterocycles. The molecule has 1 aromatic carbocycles. The van der Waals surface area contributed by atoms with E-state index in [4.69, 9.17) is 15.2 Å².